The van der Waals surface area contributed by atoms with E-state index in [1.807, 2.05) is 0 Å². The molecule has 2 rings (SSSR count). The topological polar surface area (TPSA) is 0 Å². The van der Waals surface area contributed by atoms with E-state index in [0.29, 0.717) is 5.41 Å². The number of fused-ring (bicyclic) bond motifs is 1. The maximum absolute atomic E-state index is 2.57. The van der Waals surface area contributed by atoms with Crippen molar-refractivity contribution < 1.29 is 0 Å². The van der Waals surface area contributed by atoms with Gasteiger partial charge in [-0.05, 0) is 54.8 Å². The molecule has 15 heavy (non-hydrogen) atoms. The summed E-state index contributed by atoms with van der Waals surface area (Å²) in [5, 5.41) is 0. The average molecular weight is 208 g/mol. The van der Waals surface area contributed by atoms with Crippen molar-refractivity contribution in [2.45, 2.75) is 66.2 Å². The van der Waals surface area contributed by atoms with Crippen molar-refractivity contribution >= 4 is 0 Å². The van der Waals surface area contributed by atoms with E-state index in [-0.39, 0.29) is 0 Å². The molecule has 88 valence electrons. The van der Waals surface area contributed by atoms with E-state index in [1.54, 1.807) is 0 Å². The minimum absolute atomic E-state index is 0.711. The molecule has 0 aliphatic heterocycles. The number of rotatable bonds is 1. The molecule has 2 aliphatic carbocycles. The van der Waals surface area contributed by atoms with Crippen LogP contribution in [0, 0.1) is 29.1 Å². The smallest absolute Gasteiger partial charge is 0.0295 e. The lowest BCUT2D eigenvalue weighted by Gasteiger charge is -2.51. The van der Waals surface area contributed by atoms with Crippen molar-refractivity contribution in [3.8, 4) is 0 Å². The Labute approximate surface area is 95.8 Å². The molecule has 0 heteroatoms. The Kier molecular flexibility index (Phi) is 3.14. The van der Waals surface area contributed by atoms with Crippen LogP contribution in [-0.2, 0) is 0 Å². The van der Waals surface area contributed by atoms with Gasteiger partial charge in [0, 0.05) is 0 Å². The first-order valence-electron chi connectivity index (χ1n) is 7.03. The minimum atomic E-state index is 0.711. The highest BCUT2D eigenvalue weighted by atomic mass is 14.5. The zero-order chi connectivity index (χ0) is 11.1. The van der Waals surface area contributed by atoms with Crippen LogP contribution in [0.4, 0.5) is 0 Å². The van der Waals surface area contributed by atoms with Crippen molar-refractivity contribution in [1.82, 2.24) is 0 Å². The summed E-state index contributed by atoms with van der Waals surface area (Å²) in [5.74, 6) is 3.95. The third-order valence-electron chi connectivity index (χ3n) is 5.58. The molecule has 4 atom stereocenters. The lowest BCUT2D eigenvalue weighted by atomic mass is 9.54. The maximum atomic E-state index is 2.57. The van der Waals surface area contributed by atoms with E-state index in [4.69, 9.17) is 0 Å². The second-order valence-electron chi connectivity index (χ2n) is 6.91. The predicted octanol–water partition coefficient (Wildman–Crippen LogP) is 4.89. The van der Waals surface area contributed by atoms with Crippen molar-refractivity contribution in [1.29, 1.82) is 0 Å². The first-order valence-corrected chi connectivity index (χ1v) is 7.03. The van der Waals surface area contributed by atoms with Crippen molar-refractivity contribution in [3.05, 3.63) is 0 Å². The Bertz CT molecular complexity index is 218. The Morgan fingerprint density at radius 2 is 1.87 bits per heavy atom. The third kappa shape index (κ3) is 2.10. The molecule has 0 amide bonds. The van der Waals surface area contributed by atoms with Gasteiger partial charge >= 0.3 is 0 Å². The minimum Gasteiger partial charge on any atom is -0.0625 e. The van der Waals surface area contributed by atoms with Crippen LogP contribution >= 0.6 is 0 Å². The molecular weight excluding hydrogens is 180 g/mol. The molecule has 0 aromatic carbocycles. The molecule has 0 aromatic rings. The predicted molar refractivity (Wildman–Crippen MR) is 66.8 cm³/mol. The normalized spacial score (nSPS) is 46.6. The van der Waals surface area contributed by atoms with Crippen molar-refractivity contribution in [2.75, 3.05) is 0 Å². The number of hydrogen-bond donors (Lipinski definition) is 0. The van der Waals surface area contributed by atoms with Gasteiger partial charge in [-0.1, -0.05) is 40.5 Å². The Morgan fingerprint density at radius 3 is 2.53 bits per heavy atom. The van der Waals surface area contributed by atoms with Gasteiger partial charge in [0.15, 0.2) is 0 Å². The summed E-state index contributed by atoms with van der Waals surface area (Å²) in [6.07, 6.45) is 9.01. The van der Waals surface area contributed by atoms with Gasteiger partial charge < -0.3 is 0 Å². The largest absolute Gasteiger partial charge is 0.0625 e. The van der Waals surface area contributed by atoms with Gasteiger partial charge in [-0.2, -0.15) is 0 Å². The Balaban J connectivity index is 2.09. The van der Waals surface area contributed by atoms with Crippen molar-refractivity contribution in [2.24, 2.45) is 29.1 Å². The zero-order valence-corrected chi connectivity index (χ0v) is 11.1. The molecule has 2 saturated carbocycles. The highest BCUT2D eigenvalue weighted by Gasteiger charge is 2.44. The zero-order valence-electron chi connectivity index (χ0n) is 11.1. The van der Waals surface area contributed by atoms with E-state index < -0.39 is 0 Å². The standard InChI is InChI=1S/C15H28/c1-11(2)13-7-9-15(4)8-5-6-12(3)14(15)10-13/h11-14H,5-10H2,1-4H3/t12-,13-,14+,15-/m1/s1. The summed E-state index contributed by atoms with van der Waals surface area (Å²) in [5.41, 5.74) is 0.711. The fourth-order valence-corrected chi connectivity index (χ4v) is 4.29. The second-order valence-corrected chi connectivity index (χ2v) is 6.91. The second kappa shape index (κ2) is 4.11. The Morgan fingerprint density at radius 1 is 1.13 bits per heavy atom. The molecule has 0 nitrogen and oxygen atoms in total. The van der Waals surface area contributed by atoms with Crippen LogP contribution in [-0.4, -0.2) is 0 Å². The molecule has 0 unspecified atom stereocenters. The molecular formula is C15H28. The summed E-state index contributed by atoms with van der Waals surface area (Å²) in [4.78, 5) is 0. The van der Waals surface area contributed by atoms with E-state index in [2.05, 4.69) is 27.7 Å². The SMILES string of the molecule is CC(C)[C@@H]1CC[C@@]2(C)CCC[C@@H](C)[C@@H]2C1. The van der Waals surface area contributed by atoms with Gasteiger partial charge in [-0.15, -0.1) is 0 Å². The molecule has 0 aromatic heterocycles. The van der Waals surface area contributed by atoms with Gasteiger partial charge in [-0.3, -0.25) is 0 Å². The molecule has 0 heterocycles. The Hall–Kier alpha value is 0. The summed E-state index contributed by atoms with van der Waals surface area (Å²) in [7, 11) is 0. The van der Waals surface area contributed by atoms with E-state index in [1.165, 1.54) is 38.5 Å². The molecule has 0 saturated heterocycles. The van der Waals surface area contributed by atoms with E-state index in [9.17, 15) is 0 Å². The molecule has 0 spiro atoms. The molecule has 0 bridgehead atoms. The van der Waals surface area contributed by atoms with Crippen LogP contribution in [0.1, 0.15) is 66.2 Å². The first kappa shape index (κ1) is 11.5. The van der Waals surface area contributed by atoms with Gasteiger partial charge in [0.1, 0.15) is 0 Å². The molecule has 2 fully saturated rings. The number of hydrogen-bond acceptors (Lipinski definition) is 0. The fraction of sp³-hybridized carbons (Fsp3) is 1.00. The van der Waals surface area contributed by atoms with Gasteiger partial charge in [0.2, 0.25) is 0 Å². The van der Waals surface area contributed by atoms with Gasteiger partial charge in [0.05, 0.1) is 0 Å². The maximum Gasteiger partial charge on any atom is -0.0295 e. The van der Waals surface area contributed by atoms with E-state index in [0.717, 1.165) is 23.7 Å². The monoisotopic (exact) mass is 208 g/mol. The fourth-order valence-electron chi connectivity index (χ4n) is 4.29. The van der Waals surface area contributed by atoms with Crippen LogP contribution in [0.25, 0.3) is 0 Å². The van der Waals surface area contributed by atoms with Crippen LogP contribution in [0.2, 0.25) is 0 Å². The molecule has 0 N–H and O–H groups in total. The average Bonchev–Trinajstić information content (AvgIpc) is 2.17. The summed E-state index contributed by atoms with van der Waals surface area (Å²) >= 11 is 0. The van der Waals surface area contributed by atoms with Crippen LogP contribution in [0.3, 0.4) is 0 Å². The van der Waals surface area contributed by atoms with E-state index >= 15 is 0 Å². The lowest BCUT2D eigenvalue weighted by Crippen LogP contribution is -2.41. The van der Waals surface area contributed by atoms with Gasteiger partial charge in [-0.25, -0.2) is 0 Å². The summed E-state index contributed by atoms with van der Waals surface area (Å²) in [6.45, 7) is 9.91. The van der Waals surface area contributed by atoms with Crippen LogP contribution < -0.4 is 0 Å². The van der Waals surface area contributed by atoms with Crippen LogP contribution in [0.5, 0.6) is 0 Å². The van der Waals surface area contributed by atoms with Crippen LogP contribution in [0.15, 0.2) is 0 Å². The highest BCUT2D eigenvalue weighted by molar-refractivity contribution is 4.94. The molecule has 2 aliphatic rings. The quantitative estimate of drug-likeness (QED) is 0.576. The molecule has 0 radical (unpaired) electrons. The highest BCUT2D eigenvalue weighted by Crippen LogP contribution is 2.54. The summed E-state index contributed by atoms with van der Waals surface area (Å²) in [6, 6.07) is 0. The lowest BCUT2D eigenvalue weighted by molar-refractivity contribution is -0.00939. The third-order valence-corrected chi connectivity index (χ3v) is 5.58. The summed E-state index contributed by atoms with van der Waals surface area (Å²) < 4.78 is 0. The first-order chi connectivity index (χ1) is 7.03. The van der Waals surface area contributed by atoms with Gasteiger partial charge in [0.25, 0.3) is 0 Å². The van der Waals surface area contributed by atoms with Crippen molar-refractivity contribution in [3.63, 3.8) is 0 Å².